The van der Waals surface area contributed by atoms with E-state index in [4.69, 9.17) is 21.1 Å². The van der Waals surface area contributed by atoms with Crippen molar-refractivity contribution in [1.82, 2.24) is 24.7 Å². The molecule has 3 heterocycles. The zero-order valence-corrected chi connectivity index (χ0v) is 19.4. The van der Waals surface area contributed by atoms with E-state index in [2.05, 4.69) is 31.8 Å². The van der Waals surface area contributed by atoms with Crippen molar-refractivity contribution in [1.29, 1.82) is 0 Å². The molecule has 10 nitrogen and oxygen atoms in total. The van der Waals surface area contributed by atoms with Crippen molar-refractivity contribution in [3.8, 4) is 0 Å². The lowest BCUT2D eigenvalue weighted by atomic mass is 10.0. The number of methoxy groups -OCH3 is 1. The molecule has 31 heavy (non-hydrogen) atoms. The summed E-state index contributed by atoms with van der Waals surface area (Å²) in [7, 11) is -2.48. The van der Waals surface area contributed by atoms with Crippen molar-refractivity contribution in [2.75, 3.05) is 25.0 Å². The Morgan fingerprint density at radius 2 is 2.03 bits per heavy atom. The van der Waals surface area contributed by atoms with Crippen molar-refractivity contribution in [2.24, 2.45) is 0 Å². The summed E-state index contributed by atoms with van der Waals surface area (Å²) in [5.41, 5.74) is -0.197. The Morgan fingerprint density at radius 3 is 2.61 bits per heavy atom. The van der Waals surface area contributed by atoms with Gasteiger partial charge in [0, 0.05) is 37.6 Å². The van der Waals surface area contributed by atoms with Gasteiger partial charge in [0.2, 0.25) is 16.0 Å². The van der Waals surface area contributed by atoms with Gasteiger partial charge in [-0.15, -0.1) is 10.2 Å². The van der Waals surface area contributed by atoms with Gasteiger partial charge in [0.25, 0.3) is 0 Å². The fraction of sp³-hybridized carbons (Fsp3) is 0.684. The van der Waals surface area contributed by atoms with Crippen LogP contribution in [0, 0.1) is 0 Å². The lowest BCUT2D eigenvalue weighted by Crippen LogP contribution is -2.34. The highest BCUT2D eigenvalue weighted by molar-refractivity contribution is 7.93. The summed E-state index contributed by atoms with van der Waals surface area (Å²) in [6, 6.07) is 0. The molecular weight excluding hydrogens is 444 g/mol. The number of hydrogen-bond donors (Lipinski definition) is 1. The van der Waals surface area contributed by atoms with Crippen LogP contribution in [0.3, 0.4) is 0 Å². The highest BCUT2D eigenvalue weighted by atomic mass is 35.5. The van der Waals surface area contributed by atoms with Gasteiger partial charge in [-0.1, -0.05) is 11.6 Å². The largest absolute Gasteiger partial charge is 0.381 e. The van der Waals surface area contributed by atoms with Gasteiger partial charge >= 0.3 is 0 Å². The summed E-state index contributed by atoms with van der Waals surface area (Å²) in [4.78, 5) is 8.23. The molecule has 0 spiro atoms. The van der Waals surface area contributed by atoms with Crippen LogP contribution in [-0.4, -0.2) is 58.7 Å². The summed E-state index contributed by atoms with van der Waals surface area (Å²) >= 11 is 5.85. The second-order valence-corrected chi connectivity index (χ2v) is 10.9. The maximum Gasteiger partial charge on any atom is 0.240 e. The first-order chi connectivity index (χ1) is 14.7. The molecule has 2 aromatic rings. The Hall–Kier alpha value is -1.82. The van der Waals surface area contributed by atoms with E-state index in [-0.39, 0.29) is 23.2 Å². The van der Waals surface area contributed by atoms with E-state index in [0.29, 0.717) is 11.6 Å². The number of sulfonamides is 1. The van der Waals surface area contributed by atoms with Crippen LogP contribution in [0.1, 0.15) is 63.2 Å². The number of ether oxygens (including phenoxy) is 2. The molecule has 0 bridgehead atoms. The number of aromatic nitrogens is 5. The third-order valence-electron chi connectivity index (χ3n) is 6.03. The third-order valence-corrected chi connectivity index (χ3v) is 7.91. The van der Waals surface area contributed by atoms with Gasteiger partial charge < -0.3 is 9.47 Å². The number of halogens is 1. The predicted molar refractivity (Wildman–Crippen MR) is 114 cm³/mol. The predicted octanol–water partition coefficient (Wildman–Crippen LogP) is 2.64. The Morgan fingerprint density at radius 1 is 1.32 bits per heavy atom. The maximum atomic E-state index is 13.2. The second kappa shape index (κ2) is 8.61. The van der Waals surface area contributed by atoms with Gasteiger partial charge in [0.05, 0.1) is 11.6 Å². The van der Waals surface area contributed by atoms with Gasteiger partial charge in [0.15, 0.2) is 5.82 Å². The van der Waals surface area contributed by atoms with E-state index in [1.165, 1.54) is 19.5 Å². The molecule has 1 N–H and O–H groups in total. The Bertz CT molecular complexity index is 1020. The van der Waals surface area contributed by atoms with Crippen LogP contribution in [0.25, 0.3) is 0 Å². The molecule has 1 aliphatic carbocycles. The summed E-state index contributed by atoms with van der Waals surface area (Å²) in [5.74, 6) is 1.33. The molecule has 2 fully saturated rings. The molecule has 1 saturated heterocycles. The highest BCUT2D eigenvalue weighted by Gasteiger charge is 2.45. The Balaban J connectivity index is 1.61. The summed E-state index contributed by atoms with van der Waals surface area (Å²) < 4.78 is 42.1. The van der Waals surface area contributed by atoms with Crippen LogP contribution in [-0.2, 0) is 25.0 Å². The maximum absolute atomic E-state index is 13.2. The minimum atomic E-state index is -3.90. The number of nitrogens with one attached hydrogen (secondary N) is 1. The lowest BCUT2D eigenvalue weighted by Gasteiger charge is -2.26. The van der Waals surface area contributed by atoms with Crippen molar-refractivity contribution in [3.63, 3.8) is 0 Å². The lowest BCUT2D eigenvalue weighted by molar-refractivity contribution is 0.0764. The summed E-state index contributed by atoms with van der Waals surface area (Å²) in [6.45, 7) is 4.94. The monoisotopic (exact) mass is 470 g/mol. The van der Waals surface area contributed by atoms with E-state index in [1.54, 1.807) is 6.92 Å². The van der Waals surface area contributed by atoms with Crippen LogP contribution in [0.5, 0.6) is 0 Å². The number of nitrogens with zero attached hydrogens (tertiary/aromatic N) is 5. The molecule has 0 aromatic carbocycles. The van der Waals surface area contributed by atoms with E-state index >= 15 is 0 Å². The standard InChI is InChI=1S/C19H27ClN6O4S/c1-12(15(29-3)16-21-9-14(20)10-22-16)31(27,28)25-18-24-23-17(13-5-4-8-30-11-13)26(18)19(2)6-7-19/h9-10,12-13,15H,4-8,11H2,1-3H3,(H,24,25)/t12?,13-,15?/m1/s1. The first-order valence-electron chi connectivity index (χ1n) is 10.3. The Kier molecular flexibility index (Phi) is 6.21. The van der Waals surface area contributed by atoms with Gasteiger partial charge in [-0.3, -0.25) is 9.29 Å². The van der Waals surface area contributed by atoms with Crippen molar-refractivity contribution in [2.45, 2.75) is 62.3 Å². The molecule has 4 rings (SSSR count). The first kappa shape index (κ1) is 22.4. The zero-order valence-electron chi connectivity index (χ0n) is 17.8. The fourth-order valence-electron chi connectivity index (χ4n) is 3.87. The number of anilines is 1. The Labute approximate surface area is 186 Å². The molecule has 0 radical (unpaired) electrons. The zero-order chi connectivity index (χ0) is 22.2. The van der Waals surface area contributed by atoms with Crippen LogP contribution in [0.4, 0.5) is 5.95 Å². The average molecular weight is 471 g/mol. The molecule has 170 valence electrons. The summed E-state index contributed by atoms with van der Waals surface area (Å²) in [5, 5.41) is 7.94. The van der Waals surface area contributed by atoms with E-state index in [1.807, 2.05) is 4.57 Å². The van der Waals surface area contributed by atoms with Crippen molar-refractivity contribution >= 4 is 27.6 Å². The van der Waals surface area contributed by atoms with Gasteiger partial charge in [0.1, 0.15) is 17.2 Å². The normalized spacial score (nSPS) is 22.6. The molecule has 0 amide bonds. The minimum Gasteiger partial charge on any atom is -0.381 e. The molecule has 2 unspecified atom stereocenters. The summed E-state index contributed by atoms with van der Waals surface area (Å²) in [6.07, 6.45) is 5.70. The minimum absolute atomic E-state index is 0.101. The fourth-order valence-corrected chi connectivity index (χ4v) is 5.10. The average Bonchev–Trinajstić information content (AvgIpc) is 3.36. The quantitative estimate of drug-likeness (QED) is 0.624. The van der Waals surface area contributed by atoms with Gasteiger partial charge in [-0.25, -0.2) is 18.4 Å². The molecule has 2 aliphatic rings. The molecule has 12 heteroatoms. The van der Waals surface area contributed by atoms with Crippen LogP contribution >= 0.6 is 11.6 Å². The van der Waals surface area contributed by atoms with E-state index in [9.17, 15) is 8.42 Å². The topological polar surface area (TPSA) is 121 Å². The van der Waals surface area contributed by atoms with Gasteiger partial charge in [-0.05, 0) is 39.5 Å². The van der Waals surface area contributed by atoms with Crippen molar-refractivity contribution in [3.05, 3.63) is 29.1 Å². The van der Waals surface area contributed by atoms with Crippen molar-refractivity contribution < 1.29 is 17.9 Å². The van der Waals surface area contributed by atoms with E-state index in [0.717, 1.165) is 38.1 Å². The molecule has 1 aliphatic heterocycles. The smallest absolute Gasteiger partial charge is 0.240 e. The molecule has 1 saturated carbocycles. The number of hydrogen-bond acceptors (Lipinski definition) is 8. The molecular formula is C19H27ClN6O4S. The second-order valence-electron chi connectivity index (χ2n) is 8.40. The first-order valence-corrected chi connectivity index (χ1v) is 12.2. The SMILES string of the molecule is COC(c1ncc(Cl)cn1)C(C)S(=O)(=O)Nc1nnc([C@@H]2CCCOC2)n1C1(C)CC1. The van der Waals surface area contributed by atoms with E-state index < -0.39 is 21.4 Å². The van der Waals surface area contributed by atoms with Crippen LogP contribution in [0.15, 0.2) is 12.4 Å². The molecule has 3 atom stereocenters. The highest BCUT2D eigenvalue weighted by Crippen LogP contribution is 2.47. The third kappa shape index (κ3) is 4.55. The number of rotatable bonds is 8. The van der Waals surface area contributed by atoms with Crippen LogP contribution < -0.4 is 4.72 Å². The molecule has 2 aromatic heterocycles. The van der Waals surface area contributed by atoms with Gasteiger partial charge in [-0.2, -0.15) is 0 Å². The van der Waals surface area contributed by atoms with Crippen LogP contribution in [0.2, 0.25) is 5.02 Å².